The van der Waals surface area contributed by atoms with Gasteiger partial charge in [0.2, 0.25) is 0 Å². The van der Waals surface area contributed by atoms with Crippen molar-refractivity contribution in [1.82, 2.24) is 0 Å². The number of ketones is 1. The van der Waals surface area contributed by atoms with Gasteiger partial charge in [0.05, 0.1) is 14.2 Å². The van der Waals surface area contributed by atoms with E-state index in [-0.39, 0.29) is 11.5 Å². The van der Waals surface area contributed by atoms with Crippen LogP contribution in [0.1, 0.15) is 15.9 Å². The summed E-state index contributed by atoms with van der Waals surface area (Å²) < 4.78 is 23.4. The fourth-order valence-electron chi connectivity index (χ4n) is 1.83. The van der Waals surface area contributed by atoms with Crippen molar-refractivity contribution in [3.05, 3.63) is 65.5 Å². The van der Waals surface area contributed by atoms with E-state index in [0.29, 0.717) is 16.9 Å². The molecule has 0 amide bonds. The third kappa shape index (κ3) is 3.69. The minimum atomic E-state index is -0.464. The van der Waals surface area contributed by atoms with Crippen molar-refractivity contribution in [1.29, 1.82) is 0 Å². The van der Waals surface area contributed by atoms with Crippen LogP contribution in [0.2, 0.25) is 0 Å². The number of carbonyl (C=O) groups excluding carboxylic acids is 1. The standard InChI is InChI=1S/C17H15FO3/c1-20-14-5-3-4-13(11-14)16(19)8-6-12-7-9-17(21-2)15(18)10-12/h3-11H,1-2H3/b8-6+. The molecule has 0 bridgehead atoms. The van der Waals surface area contributed by atoms with E-state index in [2.05, 4.69) is 0 Å². The van der Waals surface area contributed by atoms with Gasteiger partial charge in [-0.25, -0.2) is 4.39 Å². The van der Waals surface area contributed by atoms with E-state index in [0.717, 1.165) is 0 Å². The molecule has 2 rings (SSSR count). The molecule has 0 heterocycles. The summed E-state index contributed by atoms with van der Waals surface area (Å²) >= 11 is 0. The Bertz CT molecular complexity index is 677. The lowest BCUT2D eigenvalue weighted by molar-refractivity contribution is 0.104. The SMILES string of the molecule is COc1cccc(C(=O)/C=C/c2ccc(OC)c(F)c2)c1. The number of carbonyl (C=O) groups is 1. The molecule has 0 aliphatic heterocycles. The fraction of sp³-hybridized carbons (Fsp3) is 0.118. The maximum absolute atomic E-state index is 13.5. The quantitative estimate of drug-likeness (QED) is 0.620. The van der Waals surface area contributed by atoms with Gasteiger partial charge in [0.15, 0.2) is 17.3 Å². The highest BCUT2D eigenvalue weighted by Crippen LogP contribution is 2.19. The molecule has 3 nitrogen and oxygen atoms in total. The molecule has 0 saturated heterocycles. The molecule has 0 N–H and O–H groups in total. The second-order valence-corrected chi connectivity index (χ2v) is 4.32. The normalized spacial score (nSPS) is 10.6. The van der Waals surface area contributed by atoms with E-state index in [1.807, 2.05) is 0 Å². The molecule has 0 unspecified atom stereocenters. The Kier molecular flexibility index (Phi) is 4.72. The first kappa shape index (κ1) is 14.8. The summed E-state index contributed by atoms with van der Waals surface area (Å²) in [7, 11) is 2.94. The van der Waals surface area contributed by atoms with Crippen LogP contribution in [0.5, 0.6) is 11.5 Å². The number of benzene rings is 2. The van der Waals surface area contributed by atoms with Crippen LogP contribution < -0.4 is 9.47 Å². The van der Waals surface area contributed by atoms with Crippen LogP contribution in [0, 0.1) is 5.82 Å². The molecule has 0 atom stereocenters. The van der Waals surface area contributed by atoms with Gasteiger partial charge in [-0.15, -0.1) is 0 Å². The maximum Gasteiger partial charge on any atom is 0.185 e. The van der Waals surface area contributed by atoms with E-state index in [4.69, 9.17) is 9.47 Å². The van der Waals surface area contributed by atoms with E-state index in [1.165, 1.54) is 25.3 Å². The van der Waals surface area contributed by atoms with Gasteiger partial charge < -0.3 is 9.47 Å². The Hall–Kier alpha value is -2.62. The van der Waals surface area contributed by atoms with Crippen molar-refractivity contribution in [2.45, 2.75) is 0 Å². The molecule has 0 aliphatic carbocycles. The smallest absolute Gasteiger partial charge is 0.185 e. The van der Waals surface area contributed by atoms with Gasteiger partial charge in [-0.3, -0.25) is 4.79 Å². The van der Waals surface area contributed by atoms with E-state index < -0.39 is 5.82 Å². The number of hydrogen-bond donors (Lipinski definition) is 0. The summed E-state index contributed by atoms with van der Waals surface area (Å²) in [6, 6.07) is 11.4. The molecule has 2 aromatic carbocycles. The van der Waals surface area contributed by atoms with Crippen molar-refractivity contribution in [2.75, 3.05) is 14.2 Å². The number of hydrogen-bond acceptors (Lipinski definition) is 3. The summed E-state index contributed by atoms with van der Waals surface area (Å²) in [5.41, 5.74) is 1.10. The largest absolute Gasteiger partial charge is 0.497 e. The molecule has 0 spiro atoms. The van der Waals surface area contributed by atoms with Crippen molar-refractivity contribution >= 4 is 11.9 Å². The van der Waals surface area contributed by atoms with Crippen LogP contribution >= 0.6 is 0 Å². The van der Waals surface area contributed by atoms with E-state index in [1.54, 1.807) is 43.5 Å². The predicted molar refractivity (Wildman–Crippen MR) is 79.3 cm³/mol. The zero-order chi connectivity index (χ0) is 15.2. The van der Waals surface area contributed by atoms with Crippen LogP contribution in [0.4, 0.5) is 4.39 Å². The molecule has 4 heteroatoms. The highest BCUT2D eigenvalue weighted by molar-refractivity contribution is 6.07. The molecule has 0 saturated carbocycles. The molecule has 108 valence electrons. The number of allylic oxidation sites excluding steroid dienone is 1. The van der Waals surface area contributed by atoms with Crippen LogP contribution in [-0.4, -0.2) is 20.0 Å². The number of methoxy groups -OCH3 is 2. The first-order valence-corrected chi connectivity index (χ1v) is 6.34. The molecule has 0 radical (unpaired) electrons. The third-order valence-electron chi connectivity index (χ3n) is 2.96. The van der Waals surface area contributed by atoms with Gasteiger partial charge in [0.1, 0.15) is 5.75 Å². The average Bonchev–Trinajstić information content (AvgIpc) is 2.52. The van der Waals surface area contributed by atoms with Gasteiger partial charge in [-0.05, 0) is 35.9 Å². The molecule has 21 heavy (non-hydrogen) atoms. The Morgan fingerprint density at radius 1 is 1.10 bits per heavy atom. The molecule has 2 aromatic rings. The molecular weight excluding hydrogens is 271 g/mol. The van der Waals surface area contributed by atoms with Gasteiger partial charge in [0.25, 0.3) is 0 Å². The Labute approximate surface area is 122 Å². The fourth-order valence-corrected chi connectivity index (χ4v) is 1.83. The predicted octanol–water partition coefficient (Wildman–Crippen LogP) is 3.74. The Balaban J connectivity index is 2.16. The third-order valence-corrected chi connectivity index (χ3v) is 2.96. The highest BCUT2D eigenvalue weighted by atomic mass is 19.1. The number of rotatable bonds is 5. The lowest BCUT2D eigenvalue weighted by atomic mass is 10.1. The summed E-state index contributed by atoms with van der Waals surface area (Å²) in [4.78, 5) is 12.0. The first-order chi connectivity index (χ1) is 10.1. The van der Waals surface area contributed by atoms with Gasteiger partial charge in [0, 0.05) is 5.56 Å². The monoisotopic (exact) mass is 286 g/mol. The van der Waals surface area contributed by atoms with Crippen LogP contribution in [0.3, 0.4) is 0 Å². The van der Waals surface area contributed by atoms with Gasteiger partial charge in [-0.1, -0.05) is 24.3 Å². The topological polar surface area (TPSA) is 35.5 Å². The summed E-state index contributed by atoms with van der Waals surface area (Å²) in [6.45, 7) is 0. The molecule has 0 fully saturated rings. The Morgan fingerprint density at radius 2 is 1.90 bits per heavy atom. The van der Waals surface area contributed by atoms with Crippen molar-refractivity contribution in [3.63, 3.8) is 0 Å². The Morgan fingerprint density at radius 3 is 2.57 bits per heavy atom. The van der Waals surface area contributed by atoms with Crippen LogP contribution in [0.25, 0.3) is 6.08 Å². The highest BCUT2D eigenvalue weighted by Gasteiger charge is 2.04. The van der Waals surface area contributed by atoms with E-state index in [9.17, 15) is 9.18 Å². The maximum atomic E-state index is 13.5. The summed E-state index contributed by atoms with van der Waals surface area (Å²) in [5, 5.41) is 0. The number of ether oxygens (including phenoxy) is 2. The van der Waals surface area contributed by atoms with Crippen molar-refractivity contribution in [2.24, 2.45) is 0 Å². The minimum Gasteiger partial charge on any atom is -0.497 e. The average molecular weight is 286 g/mol. The number of halogens is 1. The van der Waals surface area contributed by atoms with Crippen molar-refractivity contribution in [3.8, 4) is 11.5 Å². The van der Waals surface area contributed by atoms with Crippen LogP contribution in [-0.2, 0) is 0 Å². The van der Waals surface area contributed by atoms with E-state index >= 15 is 0 Å². The second kappa shape index (κ2) is 6.70. The van der Waals surface area contributed by atoms with Crippen LogP contribution in [0.15, 0.2) is 48.5 Å². The van der Waals surface area contributed by atoms with Gasteiger partial charge in [-0.2, -0.15) is 0 Å². The zero-order valence-corrected chi connectivity index (χ0v) is 11.8. The molecular formula is C17H15FO3. The zero-order valence-electron chi connectivity index (χ0n) is 11.8. The summed E-state index contributed by atoms with van der Waals surface area (Å²) in [6.07, 6.45) is 2.96. The molecule has 0 aliphatic rings. The lowest BCUT2D eigenvalue weighted by Gasteiger charge is -2.02. The molecule has 0 aromatic heterocycles. The summed E-state index contributed by atoms with van der Waals surface area (Å²) in [5.74, 6) is 0.148. The van der Waals surface area contributed by atoms with Gasteiger partial charge >= 0.3 is 0 Å². The lowest BCUT2D eigenvalue weighted by Crippen LogP contribution is -1.95. The van der Waals surface area contributed by atoms with Crippen molar-refractivity contribution < 1.29 is 18.7 Å². The first-order valence-electron chi connectivity index (χ1n) is 6.34. The minimum absolute atomic E-state index is 0.172. The second-order valence-electron chi connectivity index (χ2n) is 4.32.